The Morgan fingerprint density at radius 1 is 1.54 bits per heavy atom. The second-order valence-electron chi connectivity index (χ2n) is 2.43. The van der Waals surface area contributed by atoms with Crippen LogP contribution in [0.25, 0.3) is 10.2 Å². The molecule has 2 nitrogen and oxygen atoms in total. The lowest BCUT2D eigenvalue weighted by Gasteiger charge is -2.02. The van der Waals surface area contributed by atoms with Crippen molar-refractivity contribution in [3.63, 3.8) is 0 Å². The summed E-state index contributed by atoms with van der Waals surface area (Å²) < 4.78 is 7.79. The van der Waals surface area contributed by atoms with E-state index in [0.717, 1.165) is 20.4 Å². The van der Waals surface area contributed by atoms with Crippen LogP contribution >= 0.6 is 27.3 Å². The molecule has 0 fully saturated rings. The molecular formula is C8H5BrNOS2-. The fourth-order valence-corrected chi connectivity index (χ4v) is 2.63. The van der Waals surface area contributed by atoms with Crippen LogP contribution in [0.3, 0.4) is 0 Å². The van der Waals surface area contributed by atoms with Gasteiger partial charge < -0.3 is 28.7 Å². The van der Waals surface area contributed by atoms with Crippen LogP contribution in [0, 0.1) is 0 Å². The number of nitrogens with zero attached hydrogens (tertiary/aromatic N) is 1. The third kappa shape index (κ3) is 1.63. The van der Waals surface area contributed by atoms with Crippen molar-refractivity contribution in [3.05, 3.63) is 16.6 Å². The van der Waals surface area contributed by atoms with Crippen molar-refractivity contribution in [2.24, 2.45) is 0 Å². The molecule has 0 aliphatic heterocycles. The summed E-state index contributed by atoms with van der Waals surface area (Å²) in [7, 11) is 1.64. The highest BCUT2D eigenvalue weighted by atomic mass is 79.9. The topological polar surface area (TPSA) is 22.1 Å². The van der Waals surface area contributed by atoms with E-state index >= 15 is 0 Å². The molecule has 0 aliphatic carbocycles. The monoisotopic (exact) mass is 274 g/mol. The summed E-state index contributed by atoms with van der Waals surface area (Å²) in [5.41, 5.74) is 0.919. The Morgan fingerprint density at radius 3 is 3.00 bits per heavy atom. The molecule has 2 aromatic rings. The molecule has 0 saturated carbocycles. The summed E-state index contributed by atoms with van der Waals surface area (Å²) in [4.78, 5) is 4.20. The van der Waals surface area contributed by atoms with Gasteiger partial charge in [-0.3, -0.25) is 4.98 Å². The summed E-state index contributed by atoms with van der Waals surface area (Å²) in [6.45, 7) is 0. The minimum absolute atomic E-state index is 0.662. The van der Waals surface area contributed by atoms with Gasteiger partial charge in [0.05, 0.1) is 17.1 Å². The van der Waals surface area contributed by atoms with Crippen LogP contribution in [0.1, 0.15) is 0 Å². The standard InChI is InChI=1S/C8H6BrNOS2/c1-11-6-3-7-5(2-4(6)9)10-8(12)13-7/h2-3H,1H3,(H,10,12)/p-1. The third-order valence-corrected chi connectivity index (χ3v) is 3.42. The molecule has 0 N–H and O–H groups in total. The fourth-order valence-electron chi connectivity index (χ4n) is 1.07. The van der Waals surface area contributed by atoms with Gasteiger partial charge in [0.2, 0.25) is 0 Å². The average Bonchev–Trinajstić information content (AvgIpc) is 2.42. The molecule has 2 rings (SSSR count). The summed E-state index contributed by atoms with van der Waals surface area (Å²) >= 11 is 9.87. The number of methoxy groups -OCH3 is 1. The van der Waals surface area contributed by atoms with Crippen LogP contribution in [-0.4, -0.2) is 12.1 Å². The van der Waals surface area contributed by atoms with Crippen molar-refractivity contribution in [2.45, 2.75) is 4.34 Å². The smallest absolute Gasteiger partial charge is 0.133 e. The molecule has 1 aromatic carbocycles. The molecule has 1 heterocycles. The number of rotatable bonds is 1. The van der Waals surface area contributed by atoms with Gasteiger partial charge in [0.1, 0.15) is 5.75 Å². The summed E-state index contributed by atoms with van der Waals surface area (Å²) in [6, 6.07) is 3.85. The normalized spacial score (nSPS) is 10.6. The maximum atomic E-state index is 5.16. The zero-order valence-corrected chi connectivity index (χ0v) is 9.92. The maximum absolute atomic E-state index is 5.16. The predicted molar refractivity (Wildman–Crippen MR) is 59.5 cm³/mol. The first-order valence-corrected chi connectivity index (χ1v) is 5.53. The van der Waals surface area contributed by atoms with E-state index in [2.05, 4.69) is 20.9 Å². The first-order valence-electron chi connectivity index (χ1n) is 3.52. The van der Waals surface area contributed by atoms with E-state index in [1.807, 2.05) is 12.1 Å². The van der Waals surface area contributed by atoms with Crippen molar-refractivity contribution in [1.29, 1.82) is 0 Å². The molecular weight excluding hydrogens is 270 g/mol. The molecule has 0 bridgehead atoms. The Balaban J connectivity index is 2.72. The van der Waals surface area contributed by atoms with Crippen molar-refractivity contribution >= 4 is 50.1 Å². The lowest BCUT2D eigenvalue weighted by atomic mass is 10.3. The van der Waals surface area contributed by atoms with Crippen LogP contribution in [-0.2, 0) is 12.6 Å². The Bertz CT molecular complexity index is 455. The van der Waals surface area contributed by atoms with Crippen molar-refractivity contribution in [1.82, 2.24) is 4.98 Å². The molecule has 1 aromatic heterocycles. The molecule has 0 saturated heterocycles. The predicted octanol–water partition coefficient (Wildman–Crippen LogP) is 2.97. The molecule has 13 heavy (non-hydrogen) atoms. The van der Waals surface area contributed by atoms with Crippen molar-refractivity contribution in [3.8, 4) is 5.75 Å². The Labute approximate surface area is 93.5 Å². The lowest BCUT2D eigenvalue weighted by molar-refractivity contribution is 0.413. The number of halogens is 1. The Morgan fingerprint density at radius 2 is 2.31 bits per heavy atom. The Kier molecular flexibility index (Phi) is 2.40. The highest BCUT2D eigenvalue weighted by Gasteiger charge is 2.02. The van der Waals surface area contributed by atoms with Crippen LogP contribution in [0.2, 0.25) is 0 Å². The van der Waals surface area contributed by atoms with Gasteiger partial charge in [-0.25, -0.2) is 0 Å². The largest absolute Gasteiger partial charge is 0.496 e. The van der Waals surface area contributed by atoms with Crippen LogP contribution in [0.15, 0.2) is 20.9 Å². The van der Waals surface area contributed by atoms with Gasteiger partial charge in [-0.05, 0) is 37.1 Å². The van der Waals surface area contributed by atoms with E-state index in [-0.39, 0.29) is 0 Å². The maximum Gasteiger partial charge on any atom is 0.133 e. The highest BCUT2D eigenvalue weighted by Crippen LogP contribution is 2.32. The van der Waals surface area contributed by atoms with Gasteiger partial charge in [-0.1, -0.05) is 0 Å². The summed E-state index contributed by atoms with van der Waals surface area (Å²) in [6.07, 6.45) is 0. The zero-order valence-electron chi connectivity index (χ0n) is 6.70. The van der Waals surface area contributed by atoms with E-state index < -0.39 is 0 Å². The molecule has 0 aliphatic rings. The minimum Gasteiger partial charge on any atom is -0.496 e. The fraction of sp³-hybridized carbons (Fsp3) is 0.125. The molecule has 68 valence electrons. The van der Waals surface area contributed by atoms with Gasteiger partial charge in [0.15, 0.2) is 0 Å². The number of benzene rings is 1. The van der Waals surface area contributed by atoms with E-state index in [1.165, 1.54) is 11.3 Å². The first kappa shape index (κ1) is 9.18. The number of hydrogen-bond acceptors (Lipinski definition) is 4. The third-order valence-electron chi connectivity index (χ3n) is 1.64. The van der Waals surface area contributed by atoms with Crippen molar-refractivity contribution in [2.75, 3.05) is 7.11 Å². The molecule has 0 spiro atoms. The quantitative estimate of drug-likeness (QED) is 0.747. The molecule has 0 radical (unpaired) electrons. The molecule has 5 heteroatoms. The van der Waals surface area contributed by atoms with Gasteiger partial charge in [0.25, 0.3) is 0 Å². The average molecular weight is 275 g/mol. The summed E-state index contributed by atoms with van der Waals surface area (Å²) in [5.74, 6) is 0.811. The number of fused-ring (bicyclic) bond motifs is 1. The molecule has 0 amide bonds. The van der Waals surface area contributed by atoms with E-state index in [0.29, 0.717) is 4.34 Å². The Hall–Kier alpha value is -0.390. The van der Waals surface area contributed by atoms with Crippen LogP contribution in [0.4, 0.5) is 0 Å². The second-order valence-corrected chi connectivity index (χ2v) is 4.96. The molecule has 0 atom stereocenters. The van der Waals surface area contributed by atoms with Gasteiger partial charge in [-0.15, -0.1) is 0 Å². The van der Waals surface area contributed by atoms with E-state index in [1.54, 1.807) is 7.11 Å². The highest BCUT2D eigenvalue weighted by molar-refractivity contribution is 9.10. The van der Waals surface area contributed by atoms with Gasteiger partial charge in [0, 0.05) is 0 Å². The van der Waals surface area contributed by atoms with E-state index in [4.69, 9.17) is 17.4 Å². The number of hydrogen-bond donors (Lipinski definition) is 0. The van der Waals surface area contributed by atoms with Crippen LogP contribution in [0.5, 0.6) is 5.75 Å². The van der Waals surface area contributed by atoms with Crippen molar-refractivity contribution < 1.29 is 4.74 Å². The number of thiazole rings is 1. The van der Waals surface area contributed by atoms with Gasteiger partial charge in [-0.2, -0.15) is 0 Å². The first-order chi connectivity index (χ1) is 6.20. The number of ether oxygens (including phenoxy) is 1. The second kappa shape index (κ2) is 3.40. The summed E-state index contributed by atoms with van der Waals surface area (Å²) in [5, 5.41) is 0. The minimum atomic E-state index is 0.662. The number of aromatic nitrogens is 1. The zero-order chi connectivity index (χ0) is 9.42. The van der Waals surface area contributed by atoms with E-state index in [9.17, 15) is 0 Å². The van der Waals surface area contributed by atoms with Gasteiger partial charge >= 0.3 is 0 Å². The lowest BCUT2D eigenvalue weighted by Crippen LogP contribution is -1.83. The van der Waals surface area contributed by atoms with Crippen LogP contribution < -0.4 is 4.74 Å². The molecule has 0 unspecified atom stereocenters. The SMILES string of the molecule is COc1cc2sc([S-])nc2cc1Br.